The Morgan fingerprint density at radius 3 is 2.72 bits per heavy atom. The molecule has 0 unspecified atom stereocenters. The Morgan fingerprint density at radius 1 is 1.16 bits per heavy atom. The third-order valence-corrected chi connectivity index (χ3v) is 3.41. The zero-order chi connectivity index (χ0) is 17.6. The molecule has 3 aromatic rings. The number of allylic oxidation sites excluding steroid dienone is 2. The van der Waals surface area contributed by atoms with Crippen LogP contribution in [0.4, 0.5) is 5.88 Å². The van der Waals surface area contributed by atoms with Gasteiger partial charge in [-0.3, -0.25) is 10.1 Å². The van der Waals surface area contributed by atoms with Crippen molar-refractivity contribution in [2.75, 3.05) is 0 Å². The molecule has 0 aliphatic carbocycles. The molecule has 0 radical (unpaired) electrons. The number of rotatable bonds is 5. The lowest BCUT2D eigenvalue weighted by Crippen LogP contribution is -1.92. The molecule has 124 valence electrons. The molecule has 0 spiro atoms. The van der Waals surface area contributed by atoms with Gasteiger partial charge < -0.3 is 10.3 Å². The summed E-state index contributed by atoms with van der Waals surface area (Å²) in [6.45, 7) is 0. The van der Waals surface area contributed by atoms with Crippen molar-refractivity contribution in [3.63, 3.8) is 0 Å². The lowest BCUT2D eigenvalue weighted by atomic mass is 10.1. The predicted octanol–water partition coefficient (Wildman–Crippen LogP) is 3.76. The molecule has 2 aromatic heterocycles. The van der Waals surface area contributed by atoms with Crippen molar-refractivity contribution in [3.05, 3.63) is 81.7 Å². The van der Waals surface area contributed by atoms with E-state index in [-0.39, 0.29) is 5.88 Å². The van der Waals surface area contributed by atoms with Gasteiger partial charge in [0.2, 0.25) is 0 Å². The molecule has 7 nitrogen and oxygen atoms in total. The first kappa shape index (κ1) is 16.1. The molecule has 1 aromatic carbocycles. The van der Waals surface area contributed by atoms with Gasteiger partial charge in [0.25, 0.3) is 0 Å². The summed E-state index contributed by atoms with van der Waals surface area (Å²) in [5.41, 5.74) is 2.45. The minimum Gasteiger partial charge on any atom is -0.401 e. The number of aromatic nitrogens is 1. The fourth-order valence-corrected chi connectivity index (χ4v) is 2.33. The number of hydrogen-bond acceptors (Lipinski definition) is 6. The number of nitro groups is 1. The van der Waals surface area contributed by atoms with E-state index in [0.717, 1.165) is 22.2 Å². The molecule has 7 heteroatoms. The zero-order valence-corrected chi connectivity index (χ0v) is 13.1. The number of hydrazone groups is 1. The maximum atomic E-state index is 10.6. The van der Waals surface area contributed by atoms with Crippen LogP contribution in [-0.4, -0.2) is 16.1 Å². The number of para-hydroxylation sites is 1. The van der Waals surface area contributed by atoms with Gasteiger partial charge in [-0.25, -0.2) is 4.98 Å². The monoisotopic (exact) mass is 334 g/mol. The third kappa shape index (κ3) is 3.78. The number of nitrogens with zero attached hydrogens (tertiary/aromatic N) is 3. The van der Waals surface area contributed by atoms with Crippen LogP contribution in [0, 0.1) is 10.1 Å². The predicted molar refractivity (Wildman–Crippen MR) is 97.0 cm³/mol. The quantitative estimate of drug-likeness (QED) is 0.251. The van der Waals surface area contributed by atoms with Crippen LogP contribution in [0.1, 0.15) is 17.0 Å². The minimum atomic E-state index is -0.577. The zero-order valence-electron chi connectivity index (χ0n) is 13.1. The summed E-state index contributed by atoms with van der Waals surface area (Å²) >= 11 is 0. The van der Waals surface area contributed by atoms with Crippen LogP contribution in [0.25, 0.3) is 23.1 Å². The first-order valence-electron chi connectivity index (χ1n) is 7.39. The molecular weight excluding hydrogens is 320 g/mol. The highest BCUT2D eigenvalue weighted by atomic mass is 16.6. The van der Waals surface area contributed by atoms with Crippen LogP contribution < -0.4 is 5.84 Å². The van der Waals surface area contributed by atoms with Crippen molar-refractivity contribution < 1.29 is 9.34 Å². The Morgan fingerprint density at radius 2 is 1.96 bits per heavy atom. The second-order valence-electron chi connectivity index (χ2n) is 5.08. The van der Waals surface area contributed by atoms with Gasteiger partial charge in [0.05, 0.1) is 23.5 Å². The Bertz CT molecular complexity index is 1000. The Balaban J connectivity index is 1.83. The average molecular weight is 334 g/mol. The second-order valence-corrected chi connectivity index (χ2v) is 5.08. The number of benzene rings is 1. The van der Waals surface area contributed by atoms with E-state index in [9.17, 15) is 10.1 Å². The molecule has 3 rings (SSSR count). The highest BCUT2D eigenvalue weighted by Gasteiger charge is 2.09. The summed E-state index contributed by atoms with van der Waals surface area (Å²) in [5, 5.41) is 15.1. The van der Waals surface area contributed by atoms with Gasteiger partial charge in [-0.15, -0.1) is 0 Å². The van der Waals surface area contributed by atoms with E-state index in [0.29, 0.717) is 5.76 Å². The minimum absolute atomic E-state index is 0.287. The molecule has 0 bridgehead atoms. The van der Waals surface area contributed by atoms with Gasteiger partial charge in [0, 0.05) is 10.9 Å². The second kappa shape index (κ2) is 7.22. The maximum absolute atomic E-state index is 10.6. The van der Waals surface area contributed by atoms with Gasteiger partial charge >= 0.3 is 5.88 Å². The van der Waals surface area contributed by atoms with Gasteiger partial charge in [-0.1, -0.05) is 30.4 Å². The van der Waals surface area contributed by atoms with E-state index in [1.54, 1.807) is 24.4 Å². The van der Waals surface area contributed by atoms with Crippen molar-refractivity contribution in [2.24, 2.45) is 10.9 Å². The van der Waals surface area contributed by atoms with Gasteiger partial charge in [0.15, 0.2) is 0 Å². The lowest BCUT2D eigenvalue weighted by molar-refractivity contribution is -0.402. The summed E-state index contributed by atoms with van der Waals surface area (Å²) in [6.07, 6.45) is 8.52. The SMILES string of the molecule is N/N=C\c1cc(/C=C/C=C/c2ccc([N+](=O)[O-])o2)nc2ccccc12. The van der Waals surface area contributed by atoms with Crippen LogP contribution >= 0.6 is 0 Å². The maximum Gasteiger partial charge on any atom is 0.433 e. The fourth-order valence-electron chi connectivity index (χ4n) is 2.33. The molecule has 0 saturated carbocycles. The highest BCUT2D eigenvalue weighted by Crippen LogP contribution is 2.18. The van der Waals surface area contributed by atoms with E-state index in [1.807, 2.05) is 36.4 Å². The van der Waals surface area contributed by atoms with E-state index >= 15 is 0 Å². The summed E-state index contributed by atoms with van der Waals surface area (Å²) in [4.78, 5) is 14.5. The highest BCUT2D eigenvalue weighted by molar-refractivity contribution is 5.98. The Hall–Kier alpha value is -3.74. The van der Waals surface area contributed by atoms with Crippen LogP contribution in [0.2, 0.25) is 0 Å². The van der Waals surface area contributed by atoms with Crippen LogP contribution in [-0.2, 0) is 0 Å². The van der Waals surface area contributed by atoms with Crippen molar-refractivity contribution in [3.8, 4) is 0 Å². The van der Waals surface area contributed by atoms with Crippen molar-refractivity contribution >= 4 is 35.2 Å². The molecule has 25 heavy (non-hydrogen) atoms. The van der Waals surface area contributed by atoms with E-state index < -0.39 is 4.92 Å². The summed E-state index contributed by atoms with van der Waals surface area (Å²) in [7, 11) is 0. The summed E-state index contributed by atoms with van der Waals surface area (Å²) in [6, 6.07) is 12.4. The van der Waals surface area contributed by atoms with Crippen molar-refractivity contribution in [1.82, 2.24) is 4.98 Å². The first-order chi connectivity index (χ1) is 12.2. The normalized spacial score (nSPS) is 12.0. The standard InChI is InChI=1S/C18H14N4O3/c19-20-12-13-11-14(21-17-8-4-3-7-16(13)17)5-1-2-6-15-9-10-18(25-15)22(23)24/h1-12H,19H2/b5-1+,6-2+,20-12-. The van der Waals surface area contributed by atoms with Gasteiger partial charge in [0.1, 0.15) is 10.7 Å². The van der Waals surface area contributed by atoms with Crippen LogP contribution in [0.15, 0.2) is 64.1 Å². The molecule has 0 atom stereocenters. The summed E-state index contributed by atoms with van der Waals surface area (Å²) < 4.78 is 5.04. The van der Waals surface area contributed by atoms with Crippen molar-refractivity contribution in [1.29, 1.82) is 0 Å². The fraction of sp³-hybridized carbons (Fsp3) is 0. The van der Waals surface area contributed by atoms with Crippen LogP contribution in [0.5, 0.6) is 0 Å². The number of pyridine rings is 1. The van der Waals surface area contributed by atoms with E-state index in [1.165, 1.54) is 12.1 Å². The van der Waals surface area contributed by atoms with Crippen LogP contribution in [0.3, 0.4) is 0 Å². The molecule has 0 saturated heterocycles. The first-order valence-corrected chi connectivity index (χ1v) is 7.39. The molecule has 0 fully saturated rings. The third-order valence-electron chi connectivity index (χ3n) is 3.41. The van der Waals surface area contributed by atoms with E-state index in [4.69, 9.17) is 10.3 Å². The average Bonchev–Trinajstić information content (AvgIpc) is 3.08. The number of nitrogens with two attached hydrogens (primary N) is 1. The smallest absolute Gasteiger partial charge is 0.401 e. The topological polar surface area (TPSA) is 108 Å². The van der Waals surface area contributed by atoms with Gasteiger partial charge in [-0.2, -0.15) is 5.10 Å². The van der Waals surface area contributed by atoms with E-state index in [2.05, 4.69) is 10.1 Å². The molecule has 2 heterocycles. The largest absolute Gasteiger partial charge is 0.433 e. The number of furan rings is 1. The Kier molecular flexibility index (Phi) is 4.66. The Labute approximate surface area is 142 Å². The van der Waals surface area contributed by atoms with Gasteiger partial charge in [-0.05, 0) is 30.4 Å². The number of hydrogen-bond donors (Lipinski definition) is 1. The van der Waals surface area contributed by atoms with Crippen molar-refractivity contribution in [2.45, 2.75) is 0 Å². The molecule has 0 aliphatic heterocycles. The molecule has 0 aliphatic rings. The molecule has 0 amide bonds. The summed E-state index contributed by atoms with van der Waals surface area (Å²) in [5.74, 6) is 5.39. The molecular formula is C18H14N4O3. The molecule has 2 N–H and O–H groups in total. The lowest BCUT2D eigenvalue weighted by Gasteiger charge is -2.03. The number of fused-ring (bicyclic) bond motifs is 1.